The van der Waals surface area contributed by atoms with Crippen molar-refractivity contribution in [2.75, 3.05) is 67.2 Å². The Morgan fingerprint density at radius 2 is 1.59 bits per heavy atom. The topological polar surface area (TPSA) is 74.9 Å². The van der Waals surface area contributed by atoms with Gasteiger partial charge in [-0.15, -0.1) is 0 Å². The van der Waals surface area contributed by atoms with Gasteiger partial charge in [0, 0.05) is 57.9 Å². The van der Waals surface area contributed by atoms with Crippen molar-refractivity contribution in [1.29, 1.82) is 0 Å². The molecule has 2 aliphatic heterocycles. The smallest absolute Gasteiger partial charge is 0.227 e. The minimum atomic E-state index is 0.755. The number of hydrogen-bond acceptors (Lipinski definition) is 8. The van der Waals surface area contributed by atoms with E-state index < -0.39 is 0 Å². The van der Waals surface area contributed by atoms with Crippen molar-refractivity contribution in [2.24, 2.45) is 0 Å². The molecule has 2 saturated heterocycles. The first-order valence-corrected chi connectivity index (χ1v) is 9.32. The summed E-state index contributed by atoms with van der Waals surface area (Å²) in [5, 5.41) is 4.30. The fourth-order valence-electron chi connectivity index (χ4n) is 3.67. The first-order chi connectivity index (χ1) is 13.4. The predicted molar refractivity (Wildman–Crippen MR) is 102 cm³/mol. The number of nitrogens with zero attached hydrogens (tertiary/aromatic N) is 8. The molecule has 5 rings (SSSR count). The average Bonchev–Trinajstić information content (AvgIpc) is 3.24. The molecule has 0 saturated carbocycles. The molecule has 140 valence electrons. The van der Waals surface area contributed by atoms with Gasteiger partial charge in [-0.2, -0.15) is 10.1 Å². The van der Waals surface area contributed by atoms with Crippen LogP contribution in [0.2, 0.25) is 0 Å². The van der Waals surface area contributed by atoms with Gasteiger partial charge in [0.25, 0.3) is 0 Å². The number of fused-ring (bicyclic) bond motifs is 1. The Hall–Kier alpha value is -2.94. The highest BCUT2D eigenvalue weighted by atomic mass is 16.5. The summed E-state index contributed by atoms with van der Waals surface area (Å²) >= 11 is 0. The maximum absolute atomic E-state index is 5.43. The lowest BCUT2D eigenvalue weighted by Crippen LogP contribution is -2.47. The Bertz CT molecular complexity index is 914. The second-order valence-corrected chi connectivity index (χ2v) is 6.70. The van der Waals surface area contributed by atoms with Crippen LogP contribution in [0.15, 0.2) is 36.9 Å². The van der Waals surface area contributed by atoms with E-state index in [4.69, 9.17) is 9.72 Å². The van der Waals surface area contributed by atoms with Gasteiger partial charge in [-0.25, -0.2) is 14.5 Å². The molecule has 0 bridgehead atoms. The SMILES string of the molecule is c1cc(N2CCOCC2)nc(N2CCN(c3nccn4nccc34)CC2)n1. The van der Waals surface area contributed by atoms with Crippen LogP contribution < -0.4 is 14.7 Å². The molecule has 27 heavy (non-hydrogen) atoms. The first kappa shape index (κ1) is 16.2. The largest absolute Gasteiger partial charge is 0.378 e. The molecule has 0 amide bonds. The van der Waals surface area contributed by atoms with Crippen molar-refractivity contribution >= 4 is 23.1 Å². The van der Waals surface area contributed by atoms with Gasteiger partial charge in [0.15, 0.2) is 5.82 Å². The Labute approximate surface area is 157 Å². The zero-order chi connectivity index (χ0) is 18.1. The molecular formula is C18H22N8O. The number of aromatic nitrogens is 5. The van der Waals surface area contributed by atoms with Gasteiger partial charge < -0.3 is 19.4 Å². The summed E-state index contributed by atoms with van der Waals surface area (Å²) in [6.45, 7) is 6.76. The lowest BCUT2D eigenvalue weighted by molar-refractivity contribution is 0.122. The number of ether oxygens (including phenoxy) is 1. The van der Waals surface area contributed by atoms with E-state index in [0.717, 1.165) is 75.6 Å². The van der Waals surface area contributed by atoms with E-state index in [9.17, 15) is 0 Å². The second kappa shape index (κ2) is 6.99. The van der Waals surface area contributed by atoms with E-state index in [1.807, 2.05) is 35.2 Å². The molecule has 5 heterocycles. The van der Waals surface area contributed by atoms with Crippen LogP contribution in [0.25, 0.3) is 5.52 Å². The van der Waals surface area contributed by atoms with Crippen molar-refractivity contribution < 1.29 is 4.74 Å². The molecule has 0 unspecified atom stereocenters. The Morgan fingerprint density at radius 3 is 2.44 bits per heavy atom. The van der Waals surface area contributed by atoms with Gasteiger partial charge in [-0.05, 0) is 12.1 Å². The summed E-state index contributed by atoms with van der Waals surface area (Å²) in [6, 6.07) is 3.99. The van der Waals surface area contributed by atoms with E-state index in [-0.39, 0.29) is 0 Å². The number of anilines is 3. The van der Waals surface area contributed by atoms with Crippen LogP contribution in [-0.2, 0) is 4.74 Å². The molecule has 3 aromatic rings. The van der Waals surface area contributed by atoms with Gasteiger partial charge in [0.2, 0.25) is 5.95 Å². The third kappa shape index (κ3) is 3.14. The van der Waals surface area contributed by atoms with Crippen molar-refractivity contribution in [2.45, 2.75) is 0 Å². The summed E-state index contributed by atoms with van der Waals surface area (Å²) < 4.78 is 7.30. The average molecular weight is 366 g/mol. The van der Waals surface area contributed by atoms with E-state index >= 15 is 0 Å². The van der Waals surface area contributed by atoms with Gasteiger partial charge in [-0.1, -0.05) is 0 Å². The molecule has 0 N–H and O–H groups in total. The molecule has 9 nitrogen and oxygen atoms in total. The number of morpholine rings is 1. The highest BCUT2D eigenvalue weighted by Gasteiger charge is 2.22. The van der Waals surface area contributed by atoms with Crippen LogP contribution in [0.4, 0.5) is 17.6 Å². The quantitative estimate of drug-likeness (QED) is 0.670. The third-order valence-corrected chi connectivity index (χ3v) is 5.13. The molecule has 3 aromatic heterocycles. The Balaban J connectivity index is 1.30. The lowest BCUT2D eigenvalue weighted by atomic mass is 10.3. The molecule has 0 spiro atoms. The predicted octanol–water partition coefficient (Wildman–Crippen LogP) is 0.682. The van der Waals surface area contributed by atoms with E-state index in [1.165, 1.54) is 0 Å². The van der Waals surface area contributed by atoms with Crippen LogP contribution in [0.5, 0.6) is 0 Å². The van der Waals surface area contributed by atoms with Gasteiger partial charge in [0.05, 0.1) is 19.4 Å². The molecule has 0 radical (unpaired) electrons. The minimum absolute atomic E-state index is 0.755. The highest BCUT2D eigenvalue weighted by molar-refractivity contribution is 5.68. The molecular weight excluding hydrogens is 344 g/mol. The number of rotatable bonds is 3. The summed E-state index contributed by atoms with van der Waals surface area (Å²) in [6.07, 6.45) is 7.34. The van der Waals surface area contributed by atoms with Gasteiger partial charge in [0.1, 0.15) is 11.3 Å². The van der Waals surface area contributed by atoms with Crippen molar-refractivity contribution in [3.63, 3.8) is 0 Å². The number of hydrogen-bond donors (Lipinski definition) is 0. The van der Waals surface area contributed by atoms with Crippen molar-refractivity contribution in [3.05, 3.63) is 36.9 Å². The Kier molecular flexibility index (Phi) is 4.21. The van der Waals surface area contributed by atoms with E-state index in [0.29, 0.717) is 0 Å². The Morgan fingerprint density at radius 1 is 0.778 bits per heavy atom. The van der Waals surface area contributed by atoms with Crippen LogP contribution >= 0.6 is 0 Å². The normalized spacial score (nSPS) is 18.3. The summed E-state index contributed by atoms with van der Waals surface area (Å²) in [5.74, 6) is 2.77. The minimum Gasteiger partial charge on any atom is -0.378 e. The molecule has 2 aliphatic rings. The summed E-state index contributed by atoms with van der Waals surface area (Å²) in [5.41, 5.74) is 1.04. The van der Waals surface area contributed by atoms with Crippen LogP contribution in [0.3, 0.4) is 0 Å². The standard InChI is InChI=1S/C18H22N8O/c1-4-21-26-6-5-19-17(15(1)26)24-7-9-25(10-8-24)18-20-3-2-16(22-18)23-11-13-27-14-12-23/h1-6H,7-14H2. The van der Waals surface area contributed by atoms with Crippen molar-refractivity contribution in [3.8, 4) is 0 Å². The molecule has 9 heteroatoms. The number of piperazine rings is 1. The molecule has 2 fully saturated rings. The summed E-state index contributed by atoms with van der Waals surface area (Å²) in [7, 11) is 0. The molecule has 0 atom stereocenters. The maximum atomic E-state index is 5.43. The summed E-state index contributed by atoms with van der Waals surface area (Å²) in [4.78, 5) is 20.7. The van der Waals surface area contributed by atoms with Crippen LogP contribution in [-0.4, -0.2) is 77.0 Å². The second-order valence-electron chi connectivity index (χ2n) is 6.70. The third-order valence-electron chi connectivity index (χ3n) is 5.13. The van der Waals surface area contributed by atoms with Gasteiger partial charge in [-0.3, -0.25) is 0 Å². The zero-order valence-electron chi connectivity index (χ0n) is 15.1. The fraction of sp³-hybridized carbons (Fsp3) is 0.444. The van der Waals surface area contributed by atoms with Crippen LogP contribution in [0, 0.1) is 0 Å². The van der Waals surface area contributed by atoms with Crippen molar-refractivity contribution in [1.82, 2.24) is 24.6 Å². The van der Waals surface area contributed by atoms with E-state index in [1.54, 1.807) is 6.20 Å². The van der Waals surface area contributed by atoms with Crippen LogP contribution in [0.1, 0.15) is 0 Å². The fourth-order valence-corrected chi connectivity index (χ4v) is 3.67. The van der Waals surface area contributed by atoms with E-state index in [2.05, 4.69) is 29.8 Å². The first-order valence-electron chi connectivity index (χ1n) is 9.32. The highest BCUT2D eigenvalue weighted by Crippen LogP contribution is 2.22. The lowest BCUT2D eigenvalue weighted by Gasteiger charge is -2.36. The van der Waals surface area contributed by atoms with Gasteiger partial charge >= 0.3 is 0 Å². The molecule has 0 aromatic carbocycles. The molecule has 0 aliphatic carbocycles. The maximum Gasteiger partial charge on any atom is 0.227 e. The zero-order valence-corrected chi connectivity index (χ0v) is 15.1. The monoisotopic (exact) mass is 366 g/mol.